The van der Waals surface area contributed by atoms with Crippen LogP contribution in [0.15, 0.2) is 18.2 Å². The van der Waals surface area contributed by atoms with E-state index in [1.54, 1.807) is 19.2 Å². The van der Waals surface area contributed by atoms with Crippen molar-refractivity contribution in [1.29, 1.82) is 0 Å². The molecule has 4 heteroatoms. The van der Waals surface area contributed by atoms with E-state index in [0.29, 0.717) is 16.7 Å². The number of halogens is 1. The molecule has 0 spiro atoms. The normalized spacial score (nSPS) is 14.8. The molecule has 0 aliphatic rings. The van der Waals surface area contributed by atoms with Gasteiger partial charge in [0, 0.05) is 18.6 Å². The van der Waals surface area contributed by atoms with Gasteiger partial charge in [0.2, 0.25) is 0 Å². The Bertz CT molecular complexity index is 368. The Morgan fingerprint density at radius 2 is 2.06 bits per heavy atom. The zero-order valence-corrected chi connectivity index (χ0v) is 11.2. The van der Waals surface area contributed by atoms with Crippen LogP contribution in [-0.2, 0) is 0 Å². The van der Waals surface area contributed by atoms with Crippen LogP contribution >= 0.6 is 11.6 Å². The highest BCUT2D eigenvalue weighted by molar-refractivity contribution is 6.32. The standard InChI is InChI=1S/C13H20ClNO2/c1-8(2)10(7-16)13(15)9-4-5-12(17-3)11(14)6-9/h4-6,8,10,13,16H,7,15H2,1-3H3. The highest BCUT2D eigenvalue weighted by Gasteiger charge is 2.22. The van der Waals surface area contributed by atoms with Gasteiger partial charge in [0.05, 0.1) is 12.1 Å². The minimum absolute atomic E-state index is 0.0273. The molecule has 0 fully saturated rings. The minimum Gasteiger partial charge on any atom is -0.495 e. The maximum absolute atomic E-state index is 9.36. The lowest BCUT2D eigenvalue weighted by atomic mass is 9.86. The number of hydrogen-bond acceptors (Lipinski definition) is 3. The monoisotopic (exact) mass is 257 g/mol. The molecule has 0 saturated heterocycles. The van der Waals surface area contributed by atoms with Crippen LogP contribution in [0.2, 0.25) is 5.02 Å². The van der Waals surface area contributed by atoms with E-state index in [2.05, 4.69) is 0 Å². The van der Waals surface area contributed by atoms with Crippen LogP contribution in [0.5, 0.6) is 5.75 Å². The molecule has 0 amide bonds. The van der Waals surface area contributed by atoms with E-state index in [-0.39, 0.29) is 18.6 Å². The number of methoxy groups -OCH3 is 1. The molecule has 0 saturated carbocycles. The summed E-state index contributed by atoms with van der Waals surface area (Å²) in [5.74, 6) is 0.975. The smallest absolute Gasteiger partial charge is 0.137 e. The van der Waals surface area contributed by atoms with Crippen LogP contribution in [0, 0.1) is 11.8 Å². The molecule has 2 unspecified atom stereocenters. The van der Waals surface area contributed by atoms with Gasteiger partial charge in [-0.15, -0.1) is 0 Å². The molecule has 0 aromatic heterocycles. The first kappa shape index (κ1) is 14.3. The van der Waals surface area contributed by atoms with Gasteiger partial charge in [-0.05, 0) is 23.6 Å². The third-order valence-corrected chi connectivity index (χ3v) is 3.38. The lowest BCUT2D eigenvalue weighted by Crippen LogP contribution is -2.28. The molecule has 0 radical (unpaired) electrons. The van der Waals surface area contributed by atoms with Gasteiger partial charge in [-0.3, -0.25) is 0 Å². The van der Waals surface area contributed by atoms with Crippen molar-refractivity contribution in [1.82, 2.24) is 0 Å². The highest BCUT2D eigenvalue weighted by atomic mass is 35.5. The second-order valence-corrected chi connectivity index (χ2v) is 4.92. The molecule has 1 rings (SSSR count). The number of aliphatic hydroxyl groups excluding tert-OH is 1. The van der Waals surface area contributed by atoms with Crippen molar-refractivity contribution in [2.24, 2.45) is 17.6 Å². The van der Waals surface area contributed by atoms with Gasteiger partial charge in [0.15, 0.2) is 0 Å². The van der Waals surface area contributed by atoms with Gasteiger partial charge in [-0.1, -0.05) is 31.5 Å². The molecule has 0 bridgehead atoms. The van der Waals surface area contributed by atoms with Crippen molar-refractivity contribution in [2.45, 2.75) is 19.9 Å². The second kappa shape index (κ2) is 6.24. The van der Waals surface area contributed by atoms with E-state index in [0.717, 1.165) is 5.56 Å². The van der Waals surface area contributed by atoms with Gasteiger partial charge in [-0.25, -0.2) is 0 Å². The van der Waals surface area contributed by atoms with Crippen LogP contribution in [0.4, 0.5) is 0 Å². The van der Waals surface area contributed by atoms with E-state index in [9.17, 15) is 5.11 Å². The summed E-state index contributed by atoms with van der Waals surface area (Å²) >= 11 is 6.06. The minimum atomic E-state index is -0.219. The fourth-order valence-electron chi connectivity index (χ4n) is 1.88. The third kappa shape index (κ3) is 3.35. The summed E-state index contributed by atoms with van der Waals surface area (Å²) in [7, 11) is 1.57. The summed E-state index contributed by atoms with van der Waals surface area (Å²) < 4.78 is 5.09. The predicted octanol–water partition coefficient (Wildman–Crippen LogP) is 2.61. The summed E-state index contributed by atoms with van der Waals surface area (Å²) in [5.41, 5.74) is 7.07. The van der Waals surface area contributed by atoms with Crippen molar-refractivity contribution < 1.29 is 9.84 Å². The predicted molar refractivity (Wildman–Crippen MR) is 70.3 cm³/mol. The molecule has 3 nitrogen and oxygen atoms in total. The molecule has 0 aliphatic carbocycles. The fourth-order valence-corrected chi connectivity index (χ4v) is 2.14. The molecule has 3 N–H and O–H groups in total. The zero-order valence-electron chi connectivity index (χ0n) is 10.5. The maximum Gasteiger partial charge on any atom is 0.137 e. The summed E-state index contributed by atoms with van der Waals surface area (Å²) in [6, 6.07) is 5.27. The van der Waals surface area contributed by atoms with E-state index in [4.69, 9.17) is 22.1 Å². The summed E-state index contributed by atoms with van der Waals surface area (Å²) in [6.07, 6.45) is 0. The van der Waals surface area contributed by atoms with Gasteiger partial charge in [0.1, 0.15) is 5.75 Å². The van der Waals surface area contributed by atoms with Gasteiger partial charge in [0.25, 0.3) is 0 Å². The SMILES string of the molecule is COc1ccc(C(N)C(CO)C(C)C)cc1Cl. The highest BCUT2D eigenvalue weighted by Crippen LogP contribution is 2.31. The first-order valence-electron chi connectivity index (χ1n) is 5.71. The number of hydrogen-bond donors (Lipinski definition) is 2. The molecule has 1 aromatic rings. The van der Waals surface area contributed by atoms with Crippen LogP contribution in [0.25, 0.3) is 0 Å². The average molecular weight is 258 g/mol. The Kier molecular flexibility index (Phi) is 5.25. The molecule has 17 heavy (non-hydrogen) atoms. The molecule has 1 aromatic carbocycles. The second-order valence-electron chi connectivity index (χ2n) is 4.51. The van der Waals surface area contributed by atoms with Crippen molar-refractivity contribution in [2.75, 3.05) is 13.7 Å². The van der Waals surface area contributed by atoms with Crippen molar-refractivity contribution >= 4 is 11.6 Å². The Hall–Kier alpha value is -0.770. The molecule has 0 aliphatic heterocycles. The Balaban J connectivity index is 2.95. The van der Waals surface area contributed by atoms with E-state index < -0.39 is 0 Å². The molecule has 2 atom stereocenters. The maximum atomic E-state index is 9.36. The van der Waals surface area contributed by atoms with Crippen LogP contribution in [-0.4, -0.2) is 18.8 Å². The van der Waals surface area contributed by atoms with Crippen LogP contribution in [0.1, 0.15) is 25.5 Å². The zero-order chi connectivity index (χ0) is 13.0. The number of rotatable bonds is 5. The fraction of sp³-hybridized carbons (Fsp3) is 0.538. The number of benzene rings is 1. The summed E-state index contributed by atoms with van der Waals surface area (Å²) in [4.78, 5) is 0. The number of aliphatic hydroxyl groups is 1. The van der Waals surface area contributed by atoms with E-state index >= 15 is 0 Å². The molecule has 96 valence electrons. The first-order valence-corrected chi connectivity index (χ1v) is 6.09. The lowest BCUT2D eigenvalue weighted by molar-refractivity contribution is 0.166. The first-order chi connectivity index (χ1) is 8.01. The topological polar surface area (TPSA) is 55.5 Å². The van der Waals surface area contributed by atoms with E-state index in [1.165, 1.54) is 0 Å². The van der Waals surface area contributed by atoms with Crippen LogP contribution < -0.4 is 10.5 Å². The summed E-state index contributed by atoms with van der Waals surface area (Å²) in [6.45, 7) is 4.17. The van der Waals surface area contributed by atoms with Crippen molar-refractivity contribution in [3.63, 3.8) is 0 Å². The Labute approximate surface area is 108 Å². The van der Waals surface area contributed by atoms with Gasteiger partial charge < -0.3 is 15.6 Å². The quantitative estimate of drug-likeness (QED) is 0.853. The summed E-state index contributed by atoms with van der Waals surface area (Å²) in [5, 5.41) is 9.90. The Morgan fingerprint density at radius 1 is 1.41 bits per heavy atom. The lowest BCUT2D eigenvalue weighted by Gasteiger charge is -2.26. The van der Waals surface area contributed by atoms with E-state index in [1.807, 2.05) is 19.9 Å². The molecule has 0 heterocycles. The van der Waals surface area contributed by atoms with Crippen molar-refractivity contribution in [3.8, 4) is 5.75 Å². The van der Waals surface area contributed by atoms with Gasteiger partial charge in [-0.2, -0.15) is 0 Å². The molecular formula is C13H20ClNO2. The molecular weight excluding hydrogens is 238 g/mol. The number of ether oxygens (including phenoxy) is 1. The Morgan fingerprint density at radius 3 is 2.47 bits per heavy atom. The van der Waals surface area contributed by atoms with Gasteiger partial charge >= 0.3 is 0 Å². The van der Waals surface area contributed by atoms with Crippen LogP contribution in [0.3, 0.4) is 0 Å². The third-order valence-electron chi connectivity index (χ3n) is 3.09. The largest absolute Gasteiger partial charge is 0.495 e. The van der Waals surface area contributed by atoms with Crippen molar-refractivity contribution in [3.05, 3.63) is 28.8 Å². The average Bonchev–Trinajstić information content (AvgIpc) is 2.29. The number of nitrogens with two attached hydrogens (primary N) is 1.